The van der Waals surface area contributed by atoms with E-state index < -0.39 is 0 Å². The lowest BCUT2D eigenvalue weighted by Gasteiger charge is -2.33. The number of hydrogen-bond acceptors (Lipinski definition) is 2. The first-order valence-electron chi connectivity index (χ1n) is 7.31. The lowest BCUT2D eigenvalue weighted by molar-refractivity contribution is -0.127. The number of amides is 1. The van der Waals surface area contributed by atoms with E-state index in [0.717, 1.165) is 11.3 Å². The molecule has 4 nitrogen and oxygen atoms in total. The van der Waals surface area contributed by atoms with Crippen molar-refractivity contribution in [3.05, 3.63) is 46.1 Å². The van der Waals surface area contributed by atoms with Crippen LogP contribution in [0.1, 0.15) is 32.4 Å². The monoisotopic (exact) mass is 337 g/mol. The minimum atomic E-state index is -0.337. The fourth-order valence-corrected chi connectivity index (χ4v) is 3.12. The van der Waals surface area contributed by atoms with Gasteiger partial charge in [0.05, 0.1) is 11.6 Å². The molecule has 22 heavy (non-hydrogen) atoms. The number of nitrogens with zero attached hydrogens (tertiary/aromatic N) is 1. The Kier molecular flexibility index (Phi) is 5.42. The second-order valence-corrected chi connectivity index (χ2v) is 5.88. The predicted molar refractivity (Wildman–Crippen MR) is 93.7 cm³/mol. The fraction of sp³-hybridized carbons (Fsp3) is 0.375. The molecule has 0 aliphatic carbocycles. The van der Waals surface area contributed by atoms with Crippen LogP contribution in [0.4, 0.5) is 0 Å². The van der Waals surface area contributed by atoms with E-state index in [1.165, 1.54) is 0 Å². The van der Waals surface area contributed by atoms with E-state index in [1.54, 1.807) is 4.90 Å². The van der Waals surface area contributed by atoms with Gasteiger partial charge in [0.25, 0.3) is 5.91 Å². The summed E-state index contributed by atoms with van der Waals surface area (Å²) in [5.41, 5.74) is 2.28. The van der Waals surface area contributed by atoms with Crippen molar-refractivity contribution in [3.8, 4) is 0 Å². The molecular weight excluding hydrogens is 318 g/mol. The molecule has 1 aromatic carbocycles. The third-order valence-electron chi connectivity index (χ3n) is 3.77. The van der Waals surface area contributed by atoms with E-state index in [9.17, 15) is 4.79 Å². The van der Waals surface area contributed by atoms with Gasteiger partial charge in [-0.1, -0.05) is 29.8 Å². The average molecular weight is 338 g/mol. The third kappa shape index (κ3) is 3.25. The van der Waals surface area contributed by atoms with Crippen LogP contribution in [0.5, 0.6) is 0 Å². The van der Waals surface area contributed by atoms with Crippen molar-refractivity contribution in [2.75, 3.05) is 13.1 Å². The predicted octanol–water partition coefficient (Wildman–Crippen LogP) is 3.00. The molecule has 0 radical (unpaired) electrons. The van der Waals surface area contributed by atoms with Gasteiger partial charge in [-0.2, -0.15) is 0 Å². The Balaban J connectivity index is 2.50. The van der Waals surface area contributed by atoms with Crippen molar-refractivity contribution in [1.29, 1.82) is 0 Å². The first-order valence-corrected chi connectivity index (χ1v) is 8.10. The summed E-state index contributed by atoms with van der Waals surface area (Å²) in [6.07, 6.45) is 0. The number of carbonyl (C=O) groups is 1. The van der Waals surface area contributed by atoms with Crippen LogP contribution in [-0.4, -0.2) is 29.0 Å². The second kappa shape index (κ2) is 7.11. The molecule has 0 unspecified atom stereocenters. The van der Waals surface area contributed by atoms with Gasteiger partial charge < -0.3 is 15.5 Å². The molecule has 0 spiro atoms. The highest BCUT2D eigenvalue weighted by Crippen LogP contribution is 2.32. The Morgan fingerprint density at radius 3 is 2.55 bits per heavy atom. The van der Waals surface area contributed by atoms with Crippen LogP contribution in [0.3, 0.4) is 0 Å². The summed E-state index contributed by atoms with van der Waals surface area (Å²) in [6.45, 7) is 7.12. The minimum absolute atomic E-state index is 0.00470. The summed E-state index contributed by atoms with van der Waals surface area (Å²) in [5.74, 6) is -0.00470. The first kappa shape index (κ1) is 16.8. The van der Waals surface area contributed by atoms with E-state index in [-0.39, 0.29) is 11.9 Å². The largest absolute Gasteiger partial charge is 0.351 e. The van der Waals surface area contributed by atoms with Gasteiger partial charge in [-0.3, -0.25) is 4.79 Å². The Morgan fingerprint density at radius 1 is 1.32 bits per heavy atom. The van der Waals surface area contributed by atoms with Crippen LogP contribution >= 0.6 is 23.8 Å². The van der Waals surface area contributed by atoms with E-state index in [4.69, 9.17) is 23.8 Å². The number of allylic oxidation sites excluding steroid dienone is 1. The Labute approximate surface area is 141 Å². The van der Waals surface area contributed by atoms with E-state index in [0.29, 0.717) is 28.8 Å². The zero-order chi connectivity index (χ0) is 16.3. The number of halogens is 1. The van der Waals surface area contributed by atoms with Gasteiger partial charge in [0.2, 0.25) is 0 Å². The van der Waals surface area contributed by atoms with Crippen molar-refractivity contribution in [2.45, 2.75) is 26.8 Å². The summed E-state index contributed by atoms with van der Waals surface area (Å²) >= 11 is 11.6. The van der Waals surface area contributed by atoms with Crippen LogP contribution in [0.2, 0.25) is 5.02 Å². The molecular formula is C16H20ClN3OS. The van der Waals surface area contributed by atoms with E-state index in [2.05, 4.69) is 10.6 Å². The lowest BCUT2D eigenvalue weighted by atomic mass is 9.94. The summed E-state index contributed by atoms with van der Waals surface area (Å²) in [4.78, 5) is 14.7. The van der Waals surface area contributed by atoms with Gasteiger partial charge >= 0.3 is 0 Å². The molecule has 1 heterocycles. The maximum Gasteiger partial charge on any atom is 0.253 e. The molecule has 0 aromatic heterocycles. The molecule has 0 saturated carbocycles. The highest BCUT2D eigenvalue weighted by Gasteiger charge is 2.32. The van der Waals surface area contributed by atoms with Gasteiger partial charge in [0, 0.05) is 23.8 Å². The molecule has 2 rings (SSSR count). The standard InChI is InChI=1S/C16H20ClN3OS/c1-4-20(5-2)15(21)13-10(3)18-16(22)19-14(13)11-8-6-7-9-12(11)17/h6-9,14H,4-5H2,1-3H3,(H2,18,19,22)/t14-/m1/s1. The third-order valence-corrected chi connectivity index (χ3v) is 4.33. The smallest absolute Gasteiger partial charge is 0.253 e. The minimum Gasteiger partial charge on any atom is -0.351 e. The molecule has 0 bridgehead atoms. The summed E-state index contributed by atoms with van der Waals surface area (Å²) in [5, 5.41) is 7.32. The Hall–Kier alpha value is -1.59. The Bertz CT molecular complexity index is 626. The maximum absolute atomic E-state index is 12.9. The molecule has 1 aliphatic rings. The van der Waals surface area contributed by atoms with Crippen LogP contribution < -0.4 is 10.6 Å². The van der Waals surface area contributed by atoms with Crippen molar-refractivity contribution >= 4 is 34.8 Å². The Morgan fingerprint density at radius 2 is 1.95 bits per heavy atom. The maximum atomic E-state index is 12.9. The van der Waals surface area contributed by atoms with Crippen LogP contribution in [0.15, 0.2) is 35.5 Å². The van der Waals surface area contributed by atoms with Crippen LogP contribution in [-0.2, 0) is 4.79 Å². The lowest BCUT2D eigenvalue weighted by Crippen LogP contribution is -2.47. The number of thiocarbonyl (C=S) groups is 1. The quantitative estimate of drug-likeness (QED) is 0.829. The summed E-state index contributed by atoms with van der Waals surface area (Å²) in [7, 11) is 0. The number of benzene rings is 1. The highest BCUT2D eigenvalue weighted by molar-refractivity contribution is 7.80. The number of likely N-dealkylation sites (N-methyl/N-ethyl adjacent to an activating group) is 1. The number of rotatable bonds is 4. The van der Waals surface area contributed by atoms with Gasteiger partial charge in [-0.05, 0) is 44.6 Å². The van der Waals surface area contributed by atoms with Crippen molar-refractivity contribution < 1.29 is 4.79 Å². The van der Waals surface area contributed by atoms with E-state index >= 15 is 0 Å². The van der Waals surface area contributed by atoms with Crippen molar-refractivity contribution in [3.63, 3.8) is 0 Å². The highest BCUT2D eigenvalue weighted by atomic mass is 35.5. The zero-order valence-electron chi connectivity index (χ0n) is 12.9. The van der Waals surface area contributed by atoms with Crippen LogP contribution in [0.25, 0.3) is 0 Å². The van der Waals surface area contributed by atoms with Gasteiger partial charge in [-0.25, -0.2) is 0 Å². The molecule has 0 saturated heterocycles. The number of carbonyl (C=O) groups excluding carboxylic acids is 1. The fourth-order valence-electron chi connectivity index (χ4n) is 2.60. The van der Waals surface area contributed by atoms with Crippen molar-refractivity contribution in [1.82, 2.24) is 15.5 Å². The molecule has 1 aromatic rings. The second-order valence-electron chi connectivity index (χ2n) is 5.07. The summed E-state index contributed by atoms with van der Waals surface area (Å²) < 4.78 is 0. The molecule has 0 fully saturated rings. The molecule has 1 atom stereocenters. The zero-order valence-corrected chi connectivity index (χ0v) is 14.5. The van der Waals surface area contributed by atoms with Crippen LogP contribution in [0, 0.1) is 0 Å². The molecule has 1 aliphatic heterocycles. The normalized spacial score (nSPS) is 17.8. The first-order chi connectivity index (χ1) is 10.5. The van der Waals surface area contributed by atoms with E-state index in [1.807, 2.05) is 45.0 Å². The number of nitrogens with one attached hydrogen (secondary N) is 2. The SMILES string of the molecule is CCN(CC)C(=O)C1=C(C)NC(=S)N[C@@H]1c1ccccc1Cl. The molecule has 1 amide bonds. The average Bonchev–Trinajstić information content (AvgIpc) is 2.48. The van der Waals surface area contributed by atoms with Gasteiger partial charge in [0.1, 0.15) is 0 Å². The molecule has 6 heteroatoms. The van der Waals surface area contributed by atoms with Gasteiger partial charge in [0.15, 0.2) is 5.11 Å². The topological polar surface area (TPSA) is 44.4 Å². The molecule has 118 valence electrons. The number of hydrogen-bond donors (Lipinski definition) is 2. The van der Waals surface area contributed by atoms with Crippen molar-refractivity contribution in [2.24, 2.45) is 0 Å². The van der Waals surface area contributed by atoms with Gasteiger partial charge in [-0.15, -0.1) is 0 Å². The molecule has 2 N–H and O–H groups in total. The summed E-state index contributed by atoms with van der Waals surface area (Å²) in [6, 6.07) is 7.17.